The number of likely N-dealkylation sites (tertiary alicyclic amines) is 1. The van der Waals surface area contributed by atoms with E-state index < -0.39 is 0 Å². The number of hydrogen-bond donors (Lipinski definition) is 0. The first-order valence-corrected chi connectivity index (χ1v) is 11.1. The Hall–Kier alpha value is -3.13. The number of rotatable bonds is 4. The maximum atomic E-state index is 13.2. The highest BCUT2D eigenvalue weighted by atomic mass is 32.2. The maximum Gasteiger partial charge on any atom is 0.267 e. The van der Waals surface area contributed by atoms with Gasteiger partial charge in [-0.1, -0.05) is 42.1 Å². The number of amides is 1. The molecule has 152 valence electrons. The number of benzene rings is 2. The lowest BCUT2D eigenvalue weighted by atomic mass is 10.1. The predicted octanol–water partition coefficient (Wildman–Crippen LogP) is 3.14. The summed E-state index contributed by atoms with van der Waals surface area (Å²) >= 11 is 1.37. The molecule has 8 heteroatoms. The summed E-state index contributed by atoms with van der Waals surface area (Å²) < 4.78 is 3.45. The molecule has 0 spiro atoms. The molecule has 1 amide bonds. The van der Waals surface area contributed by atoms with E-state index in [2.05, 4.69) is 10.2 Å². The van der Waals surface area contributed by atoms with E-state index in [1.165, 1.54) is 18.2 Å². The van der Waals surface area contributed by atoms with Gasteiger partial charge in [0.2, 0.25) is 11.7 Å². The molecular weight excluding hydrogens is 398 g/mol. The first-order valence-electron chi connectivity index (χ1n) is 10.1. The van der Waals surface area contributed by atoms with E-state index in [-0.39, 0.29) is 11.5 Å². The summed E-state index contributed by atoms with van der Waals surface area (Å²) in [5.41, 5.74) is 1.33. The Bertz CT molecular complexity index is 1280. The zero-order valence-corrected chi connectivity index (χ0v) is 17.2. The van der Waals surface area contributed by atoms with E-state index in [1.54, 1.807) is 4.57 Å². The van der Waals surface area contributed by atoms with Gasteiger partial charge in [-0.15, -0.1) is 10.2 Å². The molecule has 1 fully saturated rings. The molecule has 0 bridgehead atoms. The number of carbonyl (C=O) groups is 1. The number of piperidine rings is 1. The van der Waals surface area contributed by atoms with Crippen molar-refractivity contribution in [2.75, 3.05) is 18.8 Å². The zero-order valence-electron chi connectivity index (χ0n) is 16.4. The first-order chi connectivity index (χ1) is 14.7. The van der Waals surface area contributed by atoms with Gasteiger partial charge in [-0.25, -0.2) is 4.57 Å². The van der Waals surface area contributed by atoms with Gasteiger partial charge in [0.05, 0.1) is 22.3 Å². The van der Waals surface area contributed by atoms with E-state index in [0.717, 1.165) is 37.1 Å². The lowest BCUT2D eigenvalue weighted by molar-refractivity contribution is -0.129. The average molecular weight is 420 g/mol. The Morgan fingerprint density at radius 3 is 2.47 bits per heavy atom. The monoisotopic (exact) mass is 419 g/mol. The van der Waals surface area contributed by atoms with Crippen molar-refractivity contribution >= 4 is 34.3 Å². The van der Waals surface area contributed by atoms with Crippen molar-refractivity contribution in [1.29, 1.82) is 0 Å². The first kappa shape index (κ1) is 18.9. The number of thioether (sulfide) groups is 1. The van der Waals surface area contributed by atoms with Gasteiger partial charge in [0, 0.05) is 13.1 Å². The second-order valence-electron chi connectivity index (χ2n) is 7.34. The lowest BCUT2D eigenvalue weighted by Gasteiger charge is -2.26. The van der Waals surface area contributed by atoms with Gasteiger partial charge in [-0.2, -0.15) is 0 Å². The summed E-state index contributed by atoms with van der Waals surface area (Å²) in [7, 11) is 0. The van der Waals surface area contributed by atoms with Gasteiger partial charge in [0.15, 0.2) is 5.16 Å². The second-order valence-corrected chi connectivity index (χ2v) is 8.28. The molecule has 2 aromatic carbocycles. The molecule has 3 heterocycles. The van der Waals surface area contributed by atoms with Crippen molar-refractivity contribution in [2.45, 2.75) is 24.4 Å². The van der Waals surface area contributed by atoms with Crippen LogP contribution in [0.5, 0.6) is 0 Å². The van der Waals surface area contributed by atoms with Crippen LogP contribution in [0.1, 0.15) is 19.3 Å². The predicted molar refractivity (Wildman–Crippen MR) is 117 cm³/mol. The van der Waals surface area contributed by atoms with E-state index in [4.69, 9.17) is 0 Å². The minimum absolute atomic E-state index is 0.122. The van der Waals surface area contributed by atoms with Gasteiger partial charge in [-0.3, -0.25) is 14.0 Å². The van der Waals surface area contributed by atoms with Crippen LogP contribution in [0.15, 0.2) is 64.5 Å². The summed E-state index contributed by atoms with van der Waals surface area (Å²) in [4.78, 5) is 27.8. The van der Waals surface area contributed by atoms with Crippen LogP contribution in [0, 0.1) is 0 Å². The highest BCUT2D eigenvalue weighted by Crippen LogP contribution is 2.23. The largest absolute Gasteiger partial charge is 0.342 e. The Labute approximate surface area is 177 Å². The van der Waals surface area contributed by atoms with Crippen LogP contribution in [-0.2, 0) is 4.79 Å². The van der Waals surface area contributed by atoms with E-state index in [1.807, 2.05) is 63.9 Å². The van der Waals surface area contributed by atoms with Gasteiger partial charge >= 0.3 is 0 Å². The molecule has 2 aromatic heterocycles. The molecule has 5 rings (SSSR count). The topological polar surface area (TPSA) is 72.5 Å². The average Bonchev–Trinajstić information content (AvgIpc) is 3.23. The van der Waals surface area contributed by atoms with Crippen LogP contribution < -0.4 is 5.56 Å². The molecule has 0 saturated carbocycles. The molecule has 0 atom stereocenters. The van der Waals surface area contributed by atoms with E-state index in [0.29, 0.717) is 22.1 Å². The van der Waals surface area contributed by atoms with Crippen molar-refractivity contribution in [2.24, 2.45) is 0 Å². The number of carbonyl (C=O) groups excluding carboxylic acids is 1. The zero-order chi connectivity index (χ0) is 20.5. The van der Waals surface area contributed by atoms with Crippen LogP contribution in [0.2, 0.25) is 0 Å². The minimum atomic E-state index is -0.141. The number of aromatic nitrogens is 4. The van der Waals surface area contributed by atoms with Crippen LogP contribution in [0.3, 0.4) is 0 Å². The van der Waals surface area contributed by atoms with Crippen LogP contribution in [0.25, 0.3) is 22.4 Å². The molecule has 4 aromatic rings. The van der Waals surface area contributed by atoms with Gasteiger partial charge < -0.3 is 4.90 Å². The standard InChI is InChI=1S/C22H21N5O2S/c28-19(25-13-7-2-8-14-25)15-30-22-24-23-21-26(16-9-3-1-4-10-16)20(29)17-11-5-6-12-18(17)27(21)22/h1,3-6,9-12H,2,7-8,13-15H2. The fraction of sp³-hybridized carbons (Fsp3) is 0.273. The smallest absolute Gasteiger partial charge is 0.267 e. The fourth-order valence-corrected chi connectivity index (χ4v) is 4.79. The van der Waals surface area contributed by atoms with Crippen molar-refractivity contribution in [3.05, 3.63) is 65.0 Å². The highest BCUT2D eigenvalue weighted by Gasteiger charge is 2.21. The molecule has 0 N–H and O–H groups in total. The number of nitrogens with zero attached hydrogens (tertiary/aromatic N) is 5. The van der Waals surface area contributed by atoms with E-state index in [9.17, 15) is 9.59 Å². The summed E-state index contributed by atoms with van der Waals surface area (Å²) in [6, 6.07) is 16.9. The molecule has 1 saturated heterocycles. The Morgan fingerprint density at radius 2 is 1.67 bits per heavy atom. The molecule has 0 aliphatic carbocycles. The normalized spacial score (nSPS) is 14.5. The van der Waals surface area contributed by atoms with Crippen molar-refractivity contribution < 1.29 is 4.79 Å². The Kier molecular flexibility index (Phi) is 5.00. The number of para-hydroxylation sites is 2. The SMILES string of the molecule is O=C(CSc1nnc2n(-c3ccccc3)c(=O)c3ccccc3n12)N1CCCCC1. The van der Waals surface area contributed by atoms with Gasteiger partial charge in [0.25, 0.3) is 5.56 Å². The van der Waals surface area contributed by atoms with Crippen LogP contribution in [-0.4, -0.2) is 48.8 Å². The van der Waals surface area contributed by atoms with Crippen LogP contribution in [0.4, 0.5) is 0 Å². The summed E-state index contributed by atoms with van der Waals surface area (Å²) in [5, 5.41) is 9.85. The molecule has 0 radical (unpaired) electrons. The Morgan fingerprint density at radius 1 is 0.933 bits per heavy atom. The molecular formula is C22H21N5O2S. The molecule has 1 aliphatic rings. The van der Waals surface area contributed by atoms with Crippen LogP contribution >= 0.6 is 11.8 Å². The highest BCUT2D eigenvalue weighted by molar-refractivity contribution is 7.99. The third-order valence-corrected chi connectivity index (χ3v) is 6.36. The van der Waals surface area contributed by atoms with E-state index >= 15 is 0 Å². The van der Waals surface area contributed by atoms with Gasteiger partial charge in [-0.05, 0) is 43.5 Å². The third-order valence-electron chi connectivity index (χ3n) is 5.44. The molecule has 0 unspecified atom stereocenters. The van der Waals surface area contributed by atoms with Crippen molar-refractivity contribution in [3.63, 3.8) is 0 Å². The Balaban J connectivity index is 1.60. The quantitative estimate of drug-likeness (QED) is 0.475. The maximum absolute atomic E-state index is 13.2. The third kappa shape index (κ3) is 3.27. The number of fused-ring (bicyclic) bond motifs is 3. The summed E-state index contributed by atoms with van der Waals surface area (Å²) in [6.07, 6.45) is 3.32. The van der Waals surface area contributed by atoms with Crippen molar-refractivity contribution in [3.8, 4) is 5.69 Å². The molecule has 30 heavy (non-hydrogen) atoms. The molecule has 7 nitrogen and oxygen atoms in total. The fourth-order valence-electron chi connectivity index (χ4n) is 3.94. The summed E-state index contributed by atoms with van der Waals surface area (Å²) in [5.74, 6) is 0.870. The lowest BCUT2D eigenvalue weighted by Crippen LogP contribution is -2.36. The van der Waals surface area contributed by atoms with Gasteiger partial charge in [0.1, 0.15) is 0 Å². The van der Waals surface area contributed by atoms with Crippen molar-refractivity contribution in [1.82, 2.24) is 24.1 Å². The number of hydrogen-bond acceptors (Lipinski definition) is 5. The second kappa shape index (κ2) is 7.95. The summed E-state index contributed by atoms with van der Waals surface area (Å²) in [6.45, 7) is 1.66. The minimum Gasteiger partial charge on any atom is -0.342 e. The molecule has 1 aliphatic heterocycles.